The number of hydrogen-bond donors (Lipinski definition) is 1. The fraction of sp³-hybridized carbons (Fsp3) is 0.250. The van der Waals surface area contributed by atoms with E-state index in [1.165, 1.54) is 0 Å². The van der Waals surface area contributed by atoms with Crippen molar-refractivity contribution < 1.29 is 14.1 Å². The van der Waals surface area contributed by atoms with E-state index in [1.54, 1.807) is 31.3 Å². The number of carbonyl (C=O) groups excluding carboxylic acids is 1. The fourth-order valence-corrected chi connectivity index (χ4v) is 1.42. The van der Waals surface area contributed by atoms with E-state index in [0.29, 0.717) is 29.6 Å². The number of aryl methyl sites for hydroxylation is 1. The molecule has 2 rings (SSSR count). The summed E-state index contributed by atoms with van der Waals surface area (Å²) in [5.74, 6) is 0.961. The van der Waals surface area contributed by atoms with Crippen molar-refractivity contribution in [1.82, 2.24) is 10.1 Å². The Balaban J connectivity index is 2.18. The molecule has 0 fully saturated rings. The molecule has 0 radical (unpaired) electrons. The molecule has 0 atom stereocenters. The molecule has 2 aromatic heterocycles. The Labute approximate surface area is 104 Å². The monoisotopic (exact) mass is 247 g/mol. The van der Waals surface area contributed by atoms with E-state index in [4.69, 9.17) is 9.26 Å². The van der Waals surface area contributed by atoms with Gasteiger partial charge in [0, 0.05) is 12.3 Å². The Hall–Kier alpha value is -2.37. The van der Waals surface area contributed by atoms with Crippen molar-refractivity contribution in [3.63, 3.8) is 0 Å². The van der Waals surface area contributed by atoms with Crippen LogP contribution in [0.3, 0.4) is 0 Å². The Bertz CT molecular complexity index is 551. The fourth-order valence-electron chi connectivity index (χ4n) is 1.42. The Morgan fingerprint density at radius 2 is 2.39 bits per heavy atom. The first-order chi connectivity index (χ1) is 8.70. The number of hydrogen-bond acceptors (Lipinski definition) is 5. The average Bonchev–Trinajstić information content (AvgIpc) is 2.76. The molecule has 0 aromatic carbocycles. The molecule has 0 saturated heterocycles. The molecule has 0 spiro atoms. The van der Waals surface area contributed by atoms with Gasteiger partial charge in [-0.05, 0) is 26.0 Å². The number of pyridine rings is 1. The molecule has 6 heteroatoms. The molecule has 0 aliphatic rings. The zero-order valence-corrected chi connectivity index (χ0v) is 10.1. The van der Waals surface area contributed by atoms with Crippen molar-refractivity contribution in [2.45, 2.75) is 13.8 Å². The minimum Gasteiger partial charge on any atom is -0.477 e. The van der Waals surface area contributed by atoms with Crippen LogP contribution in [0.15, 0.2) is 28.9 Å². The van der Waals surface area contributed by atoms with Crippen LogP contribution in [0.2, 0.25) is 0 Å². The van der Waals surface area contributed by atoms with Crippen LogP contribution in [0.1, 0.15) is 23.0 Å². The highest BCUT2D eigenvalue weighted by Gasteiger charge is 2.14. The second-order valence-corrected chi connectivity index (χ2v) is 3.57. The molecule has 0 aliphatic carbocycles. The third-order valence-electron chi connectivity index (χ3n) is 2.17. The highest BCUT2D eigenvalue weighted by molar-refractivity contribution is 6.05. The van der Waals surface area contributed by atoms with Crippen LogP contribution in [0.5, 0.6) is 5.88 Å². The largest absolute Gasteiger partial charge is 0.477 e. The van der Waals surface area contributed by atoms with Crippen LogP contribution in [0.25, 0.3) is 0 Å². The lowest BCUT2D eigenvalue weighted by Gasteiger charge is -2.07. The van der Waals surface area contributed by atoms with Crippen LogP contribution in [-0.4, -0.2) is 22.7 Å². The number of aromatic nitrogens is 2. The van der Waals surface area contributed by atoms with Gasteiger partial charge >= 0.3 is 0 Å². The number of anilines is 1. The predicted molar refractivity (Wildman–Crippen MR) is 64.6 cm³/mol. The standard InChI is InChI=1S/C12H13N3O3/c1-3-17-12-9(5-4-6-13-12)11(16)14-10-7-8(2)18-15-10/h4-7H,3H2,1-2H3,(H,14,15,16). The van der Waals surface area contributed by atoms with Crippen molar-refractivity contribution in [3.8, 4) is 5.88 Å². The van der Waals surface area contributed by atoms with Gasteiger partial charge in [-0.2, -0.15) is 0 Å². The first-order valence-corrected chi connectivity index (χ1v) is 5.53. The van der Waals surface area contributed by atoms with E-state index < -0.39 is 0 Å². The number of ether oxygens (including phenoxy) is 1. The smallest absolute Gasteiger partial charge is 0.262 e. The molecule has 0 aliphatic heterocycles. The zero-order valence-electron chi connectivity index (χ0n) is 10.1. The molecular weight excluding hydrogens is 234 g/mol. The minimum absolute atomic E-state index is 0.303. The van der Waals surface area contributed by atoms with Crippen LogP contribution in [0.4, 0.5) is 5.82 Å². The molecule has 1 N–H and O–H groups in total. The van der Waals surface area contributed by atoms with Gasteiger partial charge in [-0.15, -0.1) is 0 Å². The maximum absolute atomic E-state index is 12.0. The quantitative estimate of drug-likeness (QED) is 0.894. The summed E-state index contributed by atoms with van der Waals surface area (Å²) in [5, 5.41) is 6.30. The van der Waals surface area contributed by atoms with Gasteiger partial charge in [0.1, 0.15) is 11.3 Å². The van der Waals surface area contributed by atoms with Gasteiger partial charge < -0.3 is 14.6 Å². The van der Waals surface area contributed by atoms with Gasteiger partial charge in [0.2, 0.25) is 5.88 Å². The van der Waals surface area contributed by atoms with Gasteiger partial charge in [-0.25, -0.2) is 4.98 Å². The van der Waals surface area contributed by atoms with Crippen LogP contribution < -0.4 is 10.1 Å². The third-order valence-corrected chi connectivity index (χ3v) is 2.17. The molecule has 0 unspecified atom stereocenters. The summed E-state index contributed by atoms with van der Waals surface area (Å²) >= 11 is 0. The highest BCUT2D eigenvalue weighted by atomic mass is 16.5. The van der Waals surface area contributed by atoms with Crippen molar-refractivity contribution in [1.29, 1.82) is 0 Å². The normalized spacial score (nSPS) is 10.1. The van der Waals surface area contributed by atoms with E-state index in [9.17, 15) is 4.79 Å². The predicted octanol–water partition coefficient (Wildman–Crippen LogP) is 2.03. The number of nitrogens with zero attached hydrogens (tertiary/aromatic N) is 2. The Morgan fingerprint density at radius 3 is 3.06 bits per heavy atom. The van der Waals surface area contributed by atoms with Gasteiger partial charge in [0.25, 0.3) is 5.91 Å². The second-order valence-electron chi connectivity index (χ2n) is 3.57. The summed E-state index contributed by atoms with van der Waals surface area (Å²) in [4.78, 5) is 16.0. The van der Waals surface area contributed by atoms with Crippen molar-refractivity contribution in [3.05, 3.63) is 35.7 Å². The SMILES string of the molecule is CCOc1ncccc1C(=O)Nc1cc(C)on1. The number of carbonyl (C=O) groups is 1. The molecule has 0 bridgehead atoms. The topological polar surface area (TPSA) is 77.2 Å². The van der Waals surface area contributed by atoms with Gasteiger partial charge in [-0.1, -0.05) is 5.16 Å². The lowest BCUT2D eigenvalue weighted by Crippen LogP contribution is -2.14. The van der Waals surface area contributed by atoms with Crippen molar-refractivity contribution in [2.75, 3.05) is 11.9 Å². The van der Waals surface area contributed by atoms with E-state index in [2.05, 4.69) is 15.5 Å². The van der Waals surface area contributed by atoms with E-state index in [0.717, 1.165) is 0 Å². The lowest BCUT2D eigenvalue weighted by molar-refractivity contribution is 0.102. The summed E-state index contributed by atoms with van der Waals surface area (Å²) in [6.07, 6.45) is 1.57. The first-order valence-electron chi connectivity index (χ1n) is 5.53. The third kappa shape index (κ3) is 2.65. The lowest BCUT2D eigenvalue weighted by atomic mass is 10.2. The molecular formula is C12H13N3O3. The highest BCUT2D eigenvalue weighted by Crippen LogP contribution is 2.16. The van der Waals surface area contributed by atoms with E-state index >= 15 is 0 Å². The maximum atomic E-state index is 12.0. The molecule has 94 valence electrons. The summed E-state index contributed by atoms with van der Waals surface area (Å²) in [6, 6.07) is 4.94. The molecule has 0 saturated carbocycles. The van der Waals surface area contributed by atoms with Crippen LogP contribution in [0, 0.1) is 6.92 Å². The van der Waals surface area contributed by atoms with Gasteiger partial charge in [0.15, 0.2) is 5.82 Å². The molecule has 2 heterocycles. The van der Waals surface area contributed by atoms with E-state index in [-0.39, 0.29) is 5.91 Å². The number of rotatable bonds is 4. The summed E-state index contributed by atoms with van der Waals surface area (Å²) in [5.41, 5.74) is 0.361. The molecule has 1 amide bonds. The number of nitrogens with one attached hydrogen (secondary N) is 1. The van der Waals surface area contributed by atoms with E-state index in [1.807, 2.05) is 6.92 Å². The van der Waals surface area contributed by atoms with Crippen LogP contribution in [-0.2, 0) is 0 Å². The maximum Gasteiger partial charge on any atom is 0.262 e. The zero-order chi connectivity index (χ0) is 13.0. The first kappa shape index (κ1) is 12.1. The van der Waals surface area contributed by atoms with Gasteiger partial charge in [0.05, 0.1) is 6.61 Å². The van der Waals surface area contributed by atoms with Gasteiger partial charge in [-0.3, -0.25) is 4.79 Å². The second kappa shape index (κ2) is 5.31. The summed E-state index contributed by atoms with van der Waals surface area (Å²) in [6.45, 7) is 4.02. The Kier molecular flexibility index (Phi) is 3.57. The minimum atomic E-state index is -0.333. The summed E-state index contributed by atoms with van der Waals surface area (Å²) < 4.78 is 10.2. The average molecular weight is 247 g/mol. The van der Waals surface area contributed by atoms with Crippen molar-refractivity contribution in [2.24, 2.45) is 0 Å². The summed E-state index contributed by atoms with van der Waals surface area (Å²) in [7, 11) is 0. The van der Waals surface area contributed by atoms with Crippen LogP contribution >= 0.6 is 0 Å². The Morgan fingerprint density at radius 1 is 1.56 bits per heavy atom. The molecule has 2 aromatic rings. The van der Waals surface area contributed by atoms with Crippen molar-refractivity contribution >= 4 is 11.7 Å². The number of amides is 1. The molecule has 6 nitrogen and oxygen atoms in total. The molecule has 18 heavy (non-hydrogen) atoms.